The molecule has 2 N–H and O–H groups in total. The summed E-state index contributed by atoms with van der Waals surface area (Å²) in [7, 11) is 9.26. The van der Waals surface area contributed by atoms with Gasteiger partial charge in [-0.25, -0.2) is 0 Å². The number of rotatable bonds is 6. The molecule has 5 rings (SSSR count). The molecule has 1 amide bonds. The Kier molecular flexibility index (Phi) is 6.54. The third kappa shape index (κ3) is 3.29. The van der Waals surface area contributed by atoms with E-state index in [4.69, 9.17) is 23.7 Å². The van der Waals surface area contributed by atoms with Crippen molar-refractivity contribution in [1.29, 1.82) is 0 Å². The van der Waals surface area contributed by atoms with Gasteiger partial charge in [0.25, 0.3) is 0 Å². The lowest BCUT2D eigenvalue weighted by Gasteiger charge is -2.56. The van der Waals surface area contributed by atoms with Gasteiger partial charge < -0.3 is 38.8 Å². The van der Waals surface area contributed by atoms with Gasteiger partial charge in [-0.1, -0.05) is 0 Å². The zero-order valence-electron chi connectivity index (χ0n) is 23.4. The van der Waals surface area contributed by atoms with E-state index in [2.05, 4.69) is 0 Å². The summed E-state index contributed by atoms with van der Waals surface area (Å²) in [5.74, 6) is 0.841. The lowest BCUT2D eigenvalue weighted by Crippen LogP contribution is -2.68. The number of piperazine rings is 1. The zero-order valence-corrected chi connectivity index (χ0v) is 23.4. The average molecular weight is 543 g/mol. The van der Waals surface area contributed by atoms with E-state index in [-0.39, 0.29) is 34.3 Å². The third-order valence-electron chi connectivity index (χ3n) is 8.52. The van der Waals surface area contributed by atoms with Crippen LogP contribution in [0.4, 0.5) is 0 Å². The number of amides is 1. The maximum absolute atomic E-state index is 14.5. The van der Waals surface area contributed by atoms with Gasteiger partial charge in [-0.05, 0) is 20.9 Å². The van der Waals surface area contributed by atoms with Crippen LogP contribution >= 0.6 is 0 Å². The van der Waals surface area contributed by atoms with Crippen LogP contribution in [0.5, 0.6) is 34.5 Å². The van der Waals surface area contributed by atoms with Crippen molar-refractivity contribution in [1.82, 2.24) is 9.80 Å². The second-order valence-electron chi connectivity index (χ2n) is 10.0. The van der Waals surface area contributed by atoms with Crippen LogP contribution in [0.2, 0.25) is 0 Å². The van der Waals surface area contributed by atoms with Crippen LogP contribution in [-0.2, 0) is 11.2 Å². The first-order valence-corrected chi connectivity index (χ1v) is 12.6. The Morgan fingerprint density at radius 3 is 1.87 bits per heavy atom. The molecular formula is C28H34N2O9. The molecule has 2 bridgehead atoms. The monoisotopic (exact) mass is 542 g/mol. The molecule has 0 unspecified atom stereocenters. The number of aliphatic hydroxyl groups is 1. The molecule has 0 aliphatic carbocycles. The number of hydrogen-bond acceptors (Lipinski definition) is 10. The molecule has 3 heterocycles. The first-order chi connectivity index (χ1) is 18.6. The average Bonchev–Trinajstić information content (AvgIpc) is 2.92. The third-order valence-corrected chi connectivity index (χ3v) is 8.52. The molecule has 3 aliphatic heterocycles. The van der Waals surface area contributed by atoms with Crippen molar-refractivity contribution < 1.29 is 43.5 Å². The van der Waals surface area contributed by atoms with Crippen LogP contribution in [0, 0.1) is 13.8 Å². The number of phenolic OH excluding ortho intramolecular Hbond substituents is 1. The first-order valence-electron chi connectivity index (χ1n) is 12.6. The molecule has 2 aromatic rings. The molecule has 11 heteroatoms. The molecule has 2 aromatic carbocycles. The predicted molar refractivity (Wildman–Crippen MR) is 140 cm³/mol. The summed E-state index contributed by atoms with van der Waals surface area (Å²) in [6.07, 6.45) is 0.299. The van der Waals surface area contributed by atoms with Crippen molar-refractivity contribution in [2.75, 3.05) is 49.2 Å². The Labute approximate surface area is 226 Å². The number of phenols is 1. The highest BCUT2D eigenvalue weighted by atomic mass is 16.5. The highest BCUT2D eigenvalue weighted by Crippen LogP contribution is 2.58. The number of ether oxygens (including phenoxy) is 5. The second kappa shape index (κ2) is 9.49. The minimum atomic E-state index is -1.09. The molecule has 1 fully saturated rings. The van der Waals surface area contributed by atoms with E-state index in [9.17, 15) is 19.8 Å². The molecule has 39 heavy (non-hydrogen) atoms. The fraction of sp³-hybridized carbons (Fsp3) is 0.500. The van der Waals surface area contributed by atoms with E-state index >= 15 is 0 Å². The van der Waals surface area contributed by atoms with Crippen LogP contribution in [0.25, 0.3) is 0 Å². The van der Waals surface area contributed by atoms with E-state index < -0.39 is 36.6 Å². The topological polar surface area (TPSA) is 127 Å². The molecule has 0 spiro atoms. The van der Waals surface area contributed by atoms with Crippen molar-refractivity contribution in [3.05, 3.63) is 33.4 Å². The SMILES string of the molecule is COc1c(C)c(OC)c(OC)c2c1C[C@H]1C(=O)N3[C@@H](CO)c4c(OC)c(OC)c(C)c(O)c4C(=O)[C@H]3[C@H]2N1C. The van der Waals surface area contributed by atoms with Crippen molar-refractivity contribution in [3.8, 4) is 34.5 Å². The van der Waals surface area contributed by atoms with Gasteiger partial charge in [0.05, 0.1) is 65.8 Å². The summed E-state index contributed by atoms with van der Waals surface area (Å²) in [6, 6.07) is -3.37. The maximum atomic E-state index is 14.5. The summed E-state index contributed by atoms with van der Waals surface area (Å²) >= 11 is 0. The number of aromatic hydroxyl groups is 1. The lowest BCUT2D eigenvalue weighted by atomic mass is 9.73. The number of benzene rings is 2. The number of hydrogen-bond donors (Lipinski definition) is 2. The molecule has 0 radical (unpaired) electrons. The van der Waals surface area contributed by atoms with E-state index in [0.29, 0.717) is 34.8 Å². The molecule has 4 atom stereocenters. The number of carbonyl (C=O) groups excluding carboxylic acids is 2. The standard InChI is InChI=1S/C28H34N2O9/c1-11-21(32)18-17(27(39-8)24(11)36-5)15(10-31)30-20(22(18)33)19-16-13(9-14(28(30)34)29(19)3)23(35-4)12(2)25(37-6)26(16)38-7/h14-15,19-20,31-32H,9-10H2,1-8H3/t14-,15-,19-,20+/m0/s1. The Morgan fingerprint density at radius 1 is 0.795 bits per heavy atom. The van der Waals surface area contributed by atoms with Gasteiger partial charge in [0.2, 0.25) is 5.91 Å². The Hall–Kier alpha value is -3.70. The fourth-order valence-electron chi connectivity index (χ4n) is 6.89. The highest BCUT2D eigenvalue weighted by Gasteiger charge is 2.59. The number of fused-ring (bicyclic) bond motifs is 7. The van der Waals surface area contributed by atoms with Crippen molar-refractivity contribution in [3.63, 3.8) is 0 Å². The Bertz CT molecular complexity index is 1390. The van der Waals surface area contributed by atoms with E-state index in [1.807, 2.05) is 11.8 Å². The quantitative estimate of drug-likeness (QED) is 0.560. The van der Waals surface area contributed by atoms with Gasteiger partial charge in [0, 0.05) is 34.2 Å². The Balaban J connectivity index is 1.87. The van der Waals surface area contributed by atoms with Crippen LogP contribution < -0.4 is 23.7 Å². The number of aliphatic hydroxyl groups excluding tert-OH is 1. The molecular weight excluding hydrogens is 508 g/mol. The van der Waals surface area contributed by atoms with Crippen molar-refractivity contribution in [2.24, 2.45) is 0 Å². The molecule has 1 saturated heterocycles. The molecule has 11 nitrogen and oxygen atoms in total. The minimum absolute atomic E-state index is 0.00207. The van der Waals surface area contributed by atoms with Gasteiger partial charge in [0.1, 0.15) is 17.5 Å². The minimum Gasteiger partial charge on any atom is -0.507 e. The molecule has 0 saturated carbocycles. The fourth-order valence-corrected chi connectivity index (χ4v) is 6.89. The highest BCUT2D eigenvalue weighted by molar-refractivity contribution is 6.10. The summed E-state index contributed by atoms with van der Waals surface area (Å²) in [4.78, 5) is 31.9. The molecule has 210 valence electrons. The normalized spacial score (nSPS) is 23.6. The van der Waals surface area contributed by atoms with Crippen LogP contribution in [0.15, 0.2) is 0 Å². The van der Waals surface area contributed by atoms with Gasteiger partial charge in [-0.3, -0.25) is 14.5 Å². The maximum Gasteiger partial charge on any atom is 0.241 e. The summed E-state index contributed by atoms with van der Waals surface area (Å²) < 4.78 is 28.5. The zero-order chi connectivity index (χ0) is 28.5. The first kappa shape index (κ1) is 26.9. The van der Waals surface area contributed by atoms with Gasteiger partial charge in [0.15, 0.2) is 28.8 Å². The summed E-state index contributed by atoms with van der Waals surface area (Å²) in [6.45, 7) is 2.97. The summed E-state index contributed by atoms with van der Waals surface area (Å²) in [5.41, 5.74) is 2.70. The second-order valence-corrected chi connectivity index (χ2v) is 10.0. The van der Waals surface area contributed by atoms with Crippen LogP contribution in [0.3, 0.4) is 0 Å². The lowest BCUT2D eigenvalue weighted by molar-refractivity contribution is -0.155. The van der Waals surface area contributed by atoms with Crippen molar-refractivity contribution >= 4 is 11.7 Å². The van der Waals surface area contributed by atoms with Gasteiger partial charge >= 0.3 is 0 Å². The number of methoxy groups -OCH3 is 5. The number of carbonyl (C=O) groups is 2. The van der Waals surface area contributed by atoms with Crippen LogP contribution in [0.1, 0.15) is 50.3 Å². The van der Waals surface area contributed by atoms with E-state index in [1.165, 1.54) is 33.3 Å². The van der Waals surface area contributed by atoms with E-state index in [0.717, 1.165) is 11.1 Å². The Morgan fingerprint density at radius 2 is 1.33 bits per heavy atom. The smallest absolute Gasteiger partial charge is 0.241 e. The van der Waals surface area contributed by atoms with Crippen LogP contribution in [-0.4, -0.2) is 93.0 Å². The molecule has 3 aliphatic rings. The van der Waals surface area contributed by atoms with Gasteiger partial charge in [-0.15, -0.1) is 0 Å². The summed E-state index contributed by atoms with van der Waals surface area (Å²) in [5, 5.41) is 22.0. The number of ketones is 1. The molecule has 0 aromatic heterocycles. The van der Waals surface area contributed by atoms with E-state index in [1.54, 1.807) is 21.1 Å². The number of likely N-dealkylation sites (N-methyl/N-ethyl adjacent to an activating group) is 1. The number of Topliss-reactive ketones (excluding diaryl/α,β-unsaturated/α-hetero) is 1. The van der Waals surface area contributed by atoms with Gasteiger partial charge in [-0.2, -0.15) is 0 Å². The largest absolute Gasteiger partial charge is 0.507 e. The predicted octanol–water partition coefficient (Wildman–Crippen LogP) is 2.09. The number of nitrogens with zero attached hydrogens (tertiary/aromatic N) is 2. The van der Waals surface area contributed by atoms with Crippen molar-refractivity contribution in [2.45, 2.75) is 44.4 Å².